The third-order valence-corrected chi connectivity index (χ3v) is 3.76. The molecule has 0 heterocycles. The highest BCUT2D eigenvalue weighted by molar-refractivity contribution is 5.70. The molecule has 0 saturated heterocycles. The van der Waals surface area contributed by atoms with Crippen LogP contribution in [-0.2, 0) is 9.59 Å². The number of hydrogen-bond donors (Lipinski definition) is 4. The van der Waals surface area contributed by atoms with E-state index in [1.54, 1.807) is 0 Å². The van der Waals surface area contributed by atoms with E-state index in [-0.39, 0.29) is 18.4 Å². The third kappa shape index (κ3) is 22.9. The molecule has 0 aromatic rings. The summed E-state index contributed by atoms with van der Waals surface area (Å²) in [5.74, 6) is -1.51. The number of carboxylic acid groups (broad SMARTS) is 2. The Kier molecular flexibility index (Phi) is 24.0. The van der Waals surface area contributed by atoms with Gasteiger partial charge in [0.15, 0.2) is 0 Å². The summed E-state index contributed by atoms with van der Waals surface area (Å²) in [6.07, 6.45) is 6.87. The maximum Gasteiger partial charge on any atom is 0.306 e. The molecule has 6 nitrogen and oxygen atoms in total. The Bertz CT molecular complexity index is 278. The Morgan fingerprint density at radius 1 is 0.800 bits per heavy atom. The molecule has 3 atom stereocenters. The molecule has 6 heteroatoms. The first-order valence-corrected chi connectivity index (χ1v) is 9.45. The van der Waals surface area contributed by atoms with Crippen molar-refractivity contribution in [2.45, 2.75) is 92.1 Å². The second-order valence-electron chi connectivity index (χ2n) is 6.20. The summed E-state index contributed by atoms with van der Waals surface area (Å²) in [7, 11) is 0. The van der Waals surface area contributed by atoms with Gasteiger partial charge in [0.1, 0.15) is 0 Å². The highest BCUT2D eigenvalue weighted by Gasteiger charge is 2.13. The van der Waals surface area contributed by atoms with Gasteiger partial charge in [-0.05, 0) is 32.6 Å². The van der Waals surface area contributed by atoms with Gasteiger partial charge < -0.3 is 20.4 Å². The zero-order valence-corrected chi connectivity index (χ0v) is 16.7. The van der Waals surface area contributed by atoms with Gasteiger partial charge in [0.2, 0.25) is 0 Å². The molecule has 3 unspecified atom stereocenters. The van der Waals surface area contributed by atoms with Gasteiger partial charge >= 0.3 is 11.9 Å². The summed E-state index contributed by atoms with van der Waals surface area (Å²) < 4.78 is 0. The number of aliphatic hydroxyl groups excluding tert-OH is 2. The van der Waals surface area contributed by atoms with Crippen LogP contribution in [0.5, 0.6) is 0 Å². The fourth-order valence-corrected chi connectivity index (χ4v) is 1.91. The maximum atomic E-state index is 10.4. The van der Waals surface area contributed by atoms with Crippen LogP contribution in [0.2, 0.25) is 0 Å². The van der Waals surface area contributed by atoms with Gasteiger partial charge in [-0.25, -0.2) is 0 Å². The van der Waals surface area contributed by atoms with Crippen molar-refractivity contribution < 1.29 is 30.0 Å². The minimum Gasteiger partial charge on any atom is -0.481 e. The Balaban J connectivity index is -0.000000308. The number of aliphatic hydroxyl groups is 2. The van der Waals surface area contributed by atoms with E-state index in [1.165, 1.54) is 6.92 Å². The minimum absolute atomic E-state index is 0.111. The molecule has 0 bridgehead atoms. The van der Waals surface area contributed by atoms with Crippen LogP contribution in [0.15, 0.2) is 0 Å². The van der Waals surface area contributed by atoms with E-state index < -0.39 is 18.0 Å². The summed E-state index contributed by atoms with van der Waals surface area (Å²) in [6.45, 7) is 9.39. The first-order chi connectivity index (χ1) is 11.7. The van der Waals surface area contributed by atoms with Crippen LogP contribution in [0, 0.1) is 11.8 Å². The molecule has 0 aromatic carbocycles. The molecule has 0 aliphatic rings. The third-order valence-electron chi connectivity index (χ3n) is 3.76. The van der Waals surface area contributed by atoms with Gasteiger partial charge in [-0.1, -0.05) is 53.4 Å². The molecule has 25 heavy (non-hydrogen) atoms. The number of rotatable bonds is 11. The van der Waals surface area contributed by atoms with E-state index in [2.05, 4.69) is 13.8 Å². The Hall–Kier alpha value is -1.14. The number of unbranched alkanes of at least 4 members (excludes halogenated alkanes) is 2. The van der Waals surface area contributed by atoms with Crippen molar-refractivity contribution in [2.75, 3.05) is 6.61 Å². The number of aliphatic carboxylic acids is 2. The predicted octanol–water partition coefficient (Wildman–Crippen LogP) is 3.93. The molecule has 4 N–H and O–H groups in total. The fourth-order valence-electron chi connectivity index (χ4n) is 1.91. The lowest BCUT2D eigenvalue weighted by Gasteiger charge is -2.06. The van der Waals surface area contributed by atoms with Crippen molar-refractivity contribution in [2.24, 2.45) is 11.8 Å². The molecule has 0 aliphatic carbocycles. The quantitative estimate of drug-likeness (QED) is 0.441. The zero-order chi connectivity index (χ0) is 20.3. The number of carboxylic acids is 2. The van der Waals surface area contributed by atoms with Crippen LogP contribution in [-0.4, -0.2) is 45.1 Å². The topological polar surface area (TPSA) is 115 Å². The summed E-state index contributed by atoms with van der Waals surface area (Å²) in [5.41, 5.74) is 0. The predicted molar refractivity (Wildman–Crippen MR) is 101 cm³/mol. The number of carbonyl (C=O) groups is 2. The average Bonchev–Trinajstić information content (AvgIpc) is 2.56. The van der Waals surface area contributed by atoms with Crippen LogP contribution in [0.1, 0.15) is 86.0 Å². The van der Waals surface area contributed by atoms with Gasteiger partial charge in [-0.15, -0.1) is 0 Å². The molecule has 0 radical (unpaired) electrons. The average molecular weight is 365 g/mol. The lowest BCUT2D eigenvalue weighted by atomic mass is 10.00. The molecular weight excluding hydrogens is 324 g/mol. The van der Waals surface area contributed by atoms with Crippen molar-refractivity contribution in [3.8, 4) is 0 Å². The molecule has 0 aromatic heterocycles. The summed E-state index contributed by atoms with van der Waals surface area (Å²) in [6, 6.07) is 0. The summed E-state index contributed by atoms with van der Waals surface area (Å²) in [5, 5.41) is 33.2. The van der Waals surface area contributed by atoms with Crippen molar-refractivity contribution >= 4 is 11.9 Å². The van der Waals surface area contributed by atoms with Gasteiger partial charge in [0, 0.05) is 0 Å². The summed E-state index contributed by atoms with van der Waals surface area (Å²) >= 11 is 0. The van der Waals surface area contributed by atoms with Crippen molar-refractivity contribution in [1.29, 1.82) is 0 Å². The molecule has 152 valence electrons. The molecule has 0 amide bonds. The van der Waals surface area contributed by atoms with E-state index in [9.17, 15) is 9.59 Å². The molecule has 0 fully saturated rings. The molecule has 0 aliphatic heterocycles. The van der Waals surface area contributed by atoms with Crippen LogP contribution in [0.3, 0.4) is 0 Å². The Morgan fingerprint density at radius 2 is 1.08 bits per heavy atom. The normalized spacial score (nSPS) is 13.4. The number of hydrogen-bond acceptors (Lipinski definition) is 4. The first-order valence-electron chi connectivity index (χ1n) is 9.45. The first kappa shape index (κ1) is 28.7. The van der Waals surface area contributed by atoms with Crippen LogP contribution in [0.25, 0.3) is 0 Å². The lowest BCUT2D eigenvalue weighted by molar-refractivity contribution is -0.143. The van der Waals surface area contributed by atoms with E-state index >= 15 is 0 Å². The Labute approximate surface area is 153 Å². The van der Waals surface area contributed by atoms with E-state index in [1.807, 2.05) is 13.8 Å². The van der Waals surface area contributed by atoms with Crippen molar-refractivity contribution in [3.05, 3.63) is 0 Å². The largest absolute Gasteiger partial charge is 0.481 e. The smallest absolute Gasteiger partial charge is 0.306 e. The fraction of sp³-hybridized carbons (Fsp3) is 0.895. The zero-order valence-electron chi connectivity index (χ0n) is 16.7. The standard InChI is InChI=1S/2C8H16O2.C3H8O2/c2*1-3-5-6-7(4-2)8(9)10;1-3(5)2-4/h2*7H,3-6H2,1-2H3,(H,9,10);3-5H,2H2,1H3. The van der Waals surface area contributed by atoms with E-state index in [0.717, 1.165) is 51.4 Å². The molecule has 0 rings (SSSR count). The SMILES string of the molecule is CC(O)CO.CCCCC(CC)C(=O)O.CCCCC(CC)C(=O)O. The van der Waals surface area contributed by atoms with Gasteiger partial charge in [0.25, 0.3) is 0 Å². The monoisotopic (exact) mass is 364 g/mol. The van der Waals surface area contributed by atoms with Crippen LogP contribution >= 0.6 is 0 Å². The minimum atomic E-state index is -0.643. The molecule has 0 saturated carbocycles. The summed E-state index contributed by atoms with van der Waals surface area (Å²) in [4.78, 5) is 20.9. The van der Waals surface area contributed by atoms with Crippen LogP contribution < -0.4 is 0 Å². The van der Waals surface area contributed by atoms with Crippen LogP contribution in [0.4, 0.5) is 0 Å². The highest BCUT2D eigenvalue weighted by atomic mass is 16.4. The van der Waals surface area contributed by atoms with Crippen molar-refractivity contribution in [1.82, 2.24) is 0 Å². The van der Waals surface area contributed by atoms with Gasteiger partial charge in [-0.2, -0.15) is 0 Å². The van der Waals surface area contributed by atoms with E-state index in [0.29, 0.717) is 0 Å². The molecular formula is C19H40O6. The van der Waals surface area contributed by atoms with E-state index in [4.69, 9.17) is 20.4 Å². The maximum absolute atomic E-state index is 10.4. The van der Waals surface area contributed by atoms with Gasteiger partial charge in [0.05, 0.1) is 24.5 Å². The second kappa shape index (κ2) is 20.9. The highest BCUT2D eigenvalue weighted by Crippen LogP contribution is 2.12. The molecule has 0 spiro atoms. The van der Waals surface area contributed by atoms with Crippen molar-refractivity contribution in [3.63, 3.8) is 0 Å². The second-order valence-corrected chi connectivity index (χ2v) is 6.20. The Morgan fingerprint density at radius 3 is 1.20 bits per heavy atom. The lowest BCUT2D eigenvalue weighted by Crippen LogP contribution is -2.11. The van der Waals surface area contributed by atoms with Gasteiger partial charge in [-0.3, -0.25) is 9.59 Å².